The van der Waals surface area contributed by atoms with Crippen LogP contribution < -0.4 is 5.32 Å². The molecule has 0 aliphatic carbocycles. The van der Waals surface area contributed by atoms with Gasteiger partial charge < -0.3 is 5.32 Å². The Balaban J connectivity index is 1.46. The van der Waals surface area contributed by atoms with Crippen LogP contribution in [0.4, 0.5) is 18.9 Å². The molecule has 212 valence electrons. The van der Waals surface area contributed by atoms with Gasteiger partial charge in [0, 0.05) is 11.6 Å². The van der Waals surface area contributed by atoms with Gasteiger partial charge in [-0.05, 0) is 49.1 Å². The summed E-state index contributed by atoms with van der Waals surface area (Å²) in [5, 5.41) is 12.1. The zero-order valence-corrected chi connectivity index (χ0v) is 24.0. The Morgan fingerprint density at radius 1 is 0.976 bits per heavy atom. The number of nitrogens with zero attached hydrogens (tertiary/aromatic N) is 5. The smallest absolute Gasteiger partial charge is 0.317 e. The van der Waals surface area contributed by atoms with Gasteiger partial charge in [0.1, 0.15) is 0 Å². The Hall–Kier alpha value is -3.89. The lowest BCUT2D eigenvalue weighted by Crippen LogP contribution is -2.16. The Kier molecular flexibility index (Phi) is 7.56. The van der Waals surface area contributed by atoms with Crippen LogP contribution in [0.25, 0.3) is 16.9 Å². The second-order valence-corrected chi connectivity index (χ2v) is 10.8. The van der Waals surface area contributed by atoms with E-state index >= 15 is 0 Å². The van der Waals surface area contributed by atoms with Crippen LogP contribution in [0.3, 0.4) is 0 Å². The minimum Gasteiger partial charge on any atom is -0.317 e. The van der Waals surface area contributed by atoms with E-state index in [4.69, 9.17) is 23.2 Å². The summed E-state index contributed by atoms with van der Waals surface area (Å²) in [5.41, 5.74) is 2.81. The number of hydrogen-bond acceptors (Lipinski definition) is 4. The van der Waals surface area contributed by atoms with Crippen LogP contribution in [0.5, 0.6) is 0 Å². The number of nitrogens with one attached hydrogen (secondary N) is 1. The highest BCUT2D eigenvalue weighted by Gasteiger charge is 2.36. The first kappa shape index (κ1) is 28.6. The van der Waals surface area contributed by atoms with Crippen molar-refractivity contribution in [2.24, 2.45) is 0 Å². The number of alkyl halides is 3. The normalized spacial score (nSPS) is 12.0. The number of benzene rings is 2. The Bertz CT molecular complexity index is 1770. The van der Waals surface area contributed by atoms with Crippen molar-refractivity contribution < 1.29 is 18.0 Å². The largest absolute Gasteiger partial charge is 0.433 e. The van der Waals surface area contributed by atoms with Gasteiger partial charge >= 0.3 is 6.18 Å². The average molecular weight is 601 g/mol. The van der Waals surface area contributed by atoms with Crippen LogP contribution in [-0.4, -0.2) is 30.3 Å². The molecule has 7 nitrogen and oxygen atoms in total. The maximum atomic E-state index is 14.1. The Morgan fingerprint density at radius 2 is 1.68 bits per heavy atom. The molecular weight excluding hydrogens is 576 g/mol. The summed E-state index contributed by atoms with van der Waals surface area (Å²) in [6.45, 7) is 7.93. The molecule has 3 heterocycles. The van der Waals surface area contributed by atoms with Crippen molar-refractivity contribution in [1.29, 1.82) is 0 Å². The lowest BCUT2D eigenvalue weighted by molar-refractivity contribution is -0.142. The molecule has 0 saturated carbocycles. The monoisotopic (exact) mass is 600 g/mol. The molecule has 41 heavy (non-hydrogen) atoms. The third-order valence-electron chi connectivity index (χ3n) is 6.76. The van der Waals surface area contributed by atoms with Crippen LogP contribution >= 0.6 is 23.2 Å². The summed E-state index contributed by atoms with van der Waals surface area (Å²) in [4.78, 5) is 17.6. The molecule has 0 bridgehead atoms. The van der Waals surface area contributed by atoms with Gasteiger partial charge in [-0.25, -0.2) is 9.50 Å². The SMILES string of the molecule is Cc1nn(Cc2ccc(Cl)c(Cl)c2)c(C)c1NC(=O)c1cc2nc(-c3ccc(C(C)C)cc3)cc(C(F)(F)F)n2n1. The quantitative estimate of drug-likeness (QED) is 0.214. The molecule has 12 heteroatoms. The Labute approximate surface area is 243 Å². The maximum Gasteiger partial charge on any atom is 0.433 e. The molecular formula is C29H25Cl2F3N6O. The molecule has 2 aromatic carbocycles. The highest BCUT2D eigenvalue weighted by molar-refractivity contribution is 6.42. The molecule has 0 spiro atoms. The van der Waals surface area contributed by atoms with Gasteiger partial charge in [0.15, 0.2) is 17.0 Å². The number of anilines is 1. The number of halogens is 5. The van der Waals surface area contributed by atoms with E-state index in [-0.39, 0.29) is 23.0 Å². The van der Waals surface area contributed by atoms with E-state index in [9.17, 15) is 18.0 Å². The molecule has 5 aromatic rings. The van der Waals surface area contributed by atoms with E-state index in [1.807, 2.05) is 32.0 Å². The summed E-state index contributed by atoms with van der Waals surface area (Å²) in [5.74, 6) is -0.414. The Morgan fingerprint density at radius 3 is 2.32 bits per heavy atom. The number of amides is 1. The molecule has 0 unspecified atom stereocenters. The van der Waals surface area contributed by atoms with E-state index in [1.54, 1.807) is 42.8 Å². The highest BCUT2D eigenvalue weighted by atomic mass is 35.5. The van der Waals surface area contributed by atoms with E-state index in [2.05, 4.69) is 20.5 Å². The molecule has 5 rings (SSSR count). The number of hydrogen-bond donors (Lipinski definition) is 1. The lowest BCUT2D eigenvalue weighted by Gasteiger charge is -2.12. The number of aryl methyl sites for hydroxylation is 1. The fourth-order valence-corrected chi connectivity index (χ4v) is 4.81. The van der Waals surface area contributed by atoms with Crippen LogP contribution in [-0.2, 0) is 12.7 Å². The number of carbonyl (C=O) groups excluding carboxylic acids is 1. The van der Waals surface area contributed by atoms with E-state index in [0.29, 0.717) is 43.7 Å². The molecule has 0 radical (unpaired) electrons. The first-order chi connectivity index (χ1) is 19.3. The minimum atomic E-state index is -4.73. The van der Waals surface area contributed by atoms with Crippen LogP contribution in [0.15, 0.2) is 54.6 Å². The number of carbonyl (C=O) groups is 1. The van der Waals surface area contributed by atoms with Crippen molar-refractivity contribution in [3.8, 4) is 11.3 Å². The summed E-state index contributed by atoms with van der Waals surface area (Å²) in [6.07, 6.45) is -4.73. The average Bonchev–Trinajstić information content (AvgIpc) is 3.46. The first-order valence-corrected chi connectivity index (χ1v) is 13.4. The molecule has 0 atom stereocenters. The predicted molar refractivity (Wildman–Crippen MR) is 153 cm³/mol. The zero-order valence-electron chi connectivity index (χ0n) is 22.5. The maximum absolute atomic E-state index is 14.1. The lowest BCUT2D eigenvalue weighted by atomic mass is 10.0. The van der Waals surface area contributed by atoms with Crippen molar-refractivity contribution in [3.05, 3.63) is 98.5 Å². The summed E-state index contributed by atoms with van der Waals surface area (Å²) in [6, 6.07) is 14.6. The van der Waals surface area contributed by atoms with Crippen LogP contribution in [0, 0.1) is 13.8 Å². The molecule has 0 aliphatic rings. The summed E-state index contributed by atoms with van der Waals surface area (Å²) < 4.78 is 44.5. The van der Waals surface area contributed by atoms with E-state index < -0.39 is 17.8 Å². The molecule has 1 amide bonds. The van der Waals surface area contributed by atoms with Gasteiger partial charge in [0.25, 0.3) is 5.91 Å². The zero-order chi connectivity index (χ0) is 29.6. The van der Waals surface area contributed by atoms with Crippen molar-refractivity contribution in [3.63, 3.8) is 0 Å². The van der Waals surface area contributed by atoms with Crippen molar-refractivity contribution >= 4 is 40.4 Å². The molecule has 3 aromatic heterocycles. The minimum absolute atomic E-state index is 0.100. The number of aromatic nitrogens is 5. The van der Waals surface area contributed by atoms with Gasteiger partial charge in [-0.3, -0.25) is 9.48 Å². The number of fused-ring (bicyclic) bond motifs is 1. The van der Waals surface area contributed by atoms with Gasteiger partial charge in [-0.1, -0.05) is 67.4 Å². The standard InChI is InChI=1S/C29H25Cl2F3N6O/c1-15(2)19-6-8-20(9-7-19)23-12-25(29(32,33)34)40-26(35-23)13-24(38-40)28(41)36-27-16(3)37-39(17(27)4)14-18-5-10-21(30)22(31)11-18/h5-13,15H,14H2,1-4H3,(H,36,41). The third kappa shape index (κ3) is 5.80. The first-order valence-electron chi connectivity index (χ1n) is 12.7. The van der Waals surface area contributed by atoms with Crippen molar-refractivity contribution in [2.75, 3.05) is 5.32 Å². The van der Waals surface area contributed by atoms with Crippen molar-refractivity contribution in [1.82, 2.24) is 24.4 Å². The fraction of sp³-hybridized carbons (Fsp3) is 0.241. The highest BCUT2D eigenvalue weighted by Crippen LogP contribution is 2.33. The van der Waals surface area contributed by atoms with Crippen LogP contribution in [0.2, 0.25) is 10.0 Å². The van der Waals surface area contributed by atoms with E-state index in [1.165, 1.54) is 6.07 Å². The topological polar surface area (TPSA) is 77.1 Å². The van der Waals surface area contributed by atoms with E-state index in [0.717, 1.165) is 17.2 Å². The summed E-state index contributed by atoms with van der Waals surface area (Å²) in [7, 11) is 0. The fourth-order valence-electron chi connectivity index (χ4n) is 4.49. The second kappa shape index (κ2) is 10.8. The molecule has 0 saturated heterocycles. The van der Waals surface area contributed by atoms with Gasteiger partial charge in [-0.15, -0.1) is 0 Å². The molecule has 0 aliphatic heterocycles. The summed E-state index contributed by atoms with van der Waals surface area (Å²) >= 11 is 12.1. The predicted octanol–water partition coefficient (Wildman–Crippen LogP) is 7.96. The molecule has 0 fully saturated rings. The second-order valence-electron chi connectivity index (χ2n) is 10.0. The molecule has 1 N–H and O–H groups in total. The van der Waals surface area contributed by atoms with Gasteiger partial charge in [-0.2, -0.15) is 23.4 Å². The van der Waals surface area contributed by atoms with Crippen LogP contribution in [0.1, 0.15) is 58.5 Å². The van der Waals surface area contributed by atoms with Gasteiger partial charge in [0.2, 0.25) is 0 Å². The third-order valence-corrected chi connectivity index (χ3v) is 7.50. The number of rotatable bonds is 6. The van der Waals surface area contributed by atoms with Crippen molar-refractivity contribution in [2.45, 2.75) is 46.3 Å². The van der Waals surface area contributed by atoms with Gasteiger partial charge in [0.05, 0.1) is 39.4 Å².